The summed E-state index contributed by atoms with van der Waals surface area (Å²) in [5.74, 6) is 0.742. The number of anilines is 1. The van der Waals surface area contributed by atoms with Gasteiger partial charge in [-0.1, -0.05) is 0 Å². The fourth-order valence-electron chi connectivity index (χ4n) is 2.85. The summed E-state index contributed by atoms with van der Waals surface area (Å²) in [6.07, 6.45) is 1.21. The predicted octanol–water partition coefficient (Wildman–Crippen LogP) is 1.33. The van der Waals surface area contributed by atoms with Gasteiger partial charge in [-0.3, -0.25) is 0 Å². The molecule has 1 N–H and O–H groups in total. The van der Waals surface area contributed by atoms with Crippen molar-refractivity contribution < 1.29 is 9.84 Å². The molecule has 0 unspecified atom stereocenters. The molecule has 1 fully saturated rings. The smallest absolute Gasteiger partial charge is 0.147 e. The molecule has 1 aromatic rings. The number of hydrogen-bond donors (Lipinski definition) is 1. The second-order valence-electron chi connectivity index (χ2n) is 5.29. The second kappa shape index (κ2) is 4.80. The number of aliphatic hydroxyl groups excluding tert-OH is 1. The van der Waals surface area contributed by atoms with Crippen molar-refractivity contribution in [3.8, 4) is 6.07 Å². The molecule has 0 radical (unpaired) electrons. The number of fused-ring (bicyclic) bond motifs is 1. The fourth-order valence-corrected chi connectivity index (χ4v) is 2.85. The first kappa shape index (κ1) is 12.4. The van der Waals surface area contributed by atoms with Crippen molar-refractivity contribution in [2.45, 2.75) is 45.1 Å². The lowest BCUT2D eigenvalue weighted by Crippen LogP contribution is -2.43. The normalized spacial score (nSPS) is 26.1. The summed E-state index contributed by atoms with van der Waals surface area (Å²) in [4.78, 5) is 6.75. The van der Waals surface area contributed by atoms with Crippen molar-refractivity contribution in [3.63, 3.8) is 0 Å². The molecule has 0 aliphatic carbocycles. The Bertz CT molecular complexity index is 538. The van der Waals surface area contributed by atoms with Crippen LogP contribution in [0.25, 0.3) is 0 Å². The molecule has 3 rings (SSSR count). The molecule has 3 heterocycles. The van der Waals surface area contributed by atoms with Crippen LogP contribution < -0.4 is 4.90 Å². The number of pyridine rings is 1. The highest BCUT2D eigenvalue weighted by Crippen LogP contribution is 2.30. The first-order valence-electron chi connectivity index (χ1n) is 6.64. The van der Waals surface area contributed by atoms with Crippen LogP contribution in [0.1, 0.15) is 36.6 Å². The van der Waals surface area contributed by atoms with Crippen LogP contribution in [0.15, 0.2) is 6.07 Å². The van der Waals surface area contributed by atoms with Crippen molar-refractivity contribution in [2.24, 2.45) is 0 Å². The quantitative estimate of drug-likeness (QED) is 0.824. The van der Waals surface area contributed by atoms with E-state index >= 15 is 0 Å². The van der Waals surface area contributed by atoms with Gasteiger partial charge in [-0.15, -0.1) is 0 Å². The fraction of sp³-hybridized carbons (Fsp3) is 0.571. The highest BCUT2D eigenvalue weighted by Gasteiger charge is 2.28. The molecule has 0 bridgehead atoms. The summed E-state index contributed by atoms with van der Waals surface area (Å²) < 4.78 is 5.37. The maximum atomic E-state index is 9.69. The van der Waals surface area contributed by atoms with Crippen LogP contribution in [0.5, 0.6) is 0 Å². The minimum atomic E-state index is -0.241. The van der Waals surface area contributed by atoms with Crippen molar-refractivity contribution in [2.75, 3.05) is 11.4 Å². The summed E-state index contributed by atoms with van der Waals surface area (Å²) in [6, 6.07) is 4.32. The molecule has 0 spiro atoms. The standard InChI is InChI=1S/C14H17N3O2/c1-9-4-12(18)2-3-17(9)14-10(6-15)5-11-7-19-8-13(11)16-14/h5,9,12,18H,2-4,7-8H2,1H3/t9-,12-/m1/s1. The molecule has 2 aliphatic heterocycles. The average Bonchev–Trinajstić information content (AvgIpc) is 2.84. The largest absolute Gasteiger partial charge is 0.393 e. The number of nitriles is 1. The zero-order chi connectivity index (χ0) is 13.4. The van der Waals surface area contributed by atoms with Crippen molar-refractivity contribution in [3.05, 3.63) is 22.9 Å². The Morgan fingerprint density at radius 2 is 2.37 bits per heavy atom. The predicted molar refractivity (Wildman–Crippen MR) is 69.5 cm³/mol. The summed E-state index contributed by atoms with van der Waals surface area (Å²) in [6.45, 7) is 3.88. The van der Waals surface area contributed by atoms with Crippen molar-refractivity contribution in [1.82, 2.24) is 4.98 Å². The first-order valence-corrected chi connectivity index (χ1v) is 6.64. The summed E-state index contributed by atoms with van der Waals surface area (Å²) in [5.41, 5.74) is 2.56. The number of ether oxygens (including phenoxy) is 1. The van der Waals surface area contributed by atoms with Gasteiger partial charge in [0.15, 0.2) is 0 Å². The van der Waals surface area contributed by atoms with E-state index in [-0.39, 0.29) is 12.1 Å². The maximum absolute atomic E-state index is 9.69. The molecular weight excluding hydrogens is 242 g/mol. The van der Waals surface area contributed by atoms with Gasteiger partial charge in [0.2, 0.25) is 0 Å². The molecule has 100 valence electrons. The van der Waals surface area contributed by atoms with Gasteiger partial charge in [0, 0.05) is 18.2 Å². The van der Waals surface area contributed by atoms with Crippen LogP contribution in [0, 0.1) is 11.3 Å². The van der Waals surface area contributed by atoms with Gasteiger partial charge in [-0.2, -0.15) is 5.26 Å². The first-order chi connectivity index (χ1) is 9.19. The lowest BCUT2D eigenvalue weighted by molar-refractivity contribution is 0.130. The van der Waals surface area contributed by atoms with Gasteiger partial charge in [0.25, 0.3) is 0 Å². The molecule has 2 atom stereocenters. The van der Waals surface area contributed by atoms with Crippen molar-refractivity contribution in [1.29, 1.82) is 5.26 Å². The van der Waals surface area contributed by atoms with Crippen LogP contribution in [-0.4, -0.2) is 28.8 Å². The Morgan fingerprint density at radius 1 is 1.53 bits per heavy atom. The lowest BCUT2D eigenvalue weighted by Gasteiger charge is -2.37. The molecule has 0 saturated carbocycles. The molecule has 5 heteroatoms. The third-order valence-corrected chi connectivity index (χ3v) is 3.91. The van der Waals surface area contributed by atoms with E-state index in [9.17, 15) is 10.4 Å². The van der Waals surface area contributed by atoms with E-state index in [4.69, 9.17) is 4.74 Å². The minimum Gasteiger partial charge on any atom is -0.393 e. The minimum absolute atomic E-state index is 0.198. The van der Waals surface area contributed by atoms with Gasteiger partial charge >= 0.3 is 0 Å². The van der Waals surface area contributed by atoms with Crippen LogP contribution in [0.3, 0.4) is 0 Å². The van der Waals surface area contributed by atoms with Crippen LogP contribution in [-0.2, 0) is 18.0 Å². The van der Waals surface area contributed by atoms with Crippen molar-refractivity contribution >= 4 is 5.82 Å². The Hall–Kier alpha value is -1.64. The Morgan fingerprint density at radius 3 is 3.11 bits per heavy atom. The number of aliphatic hydroxyl groups is 1. The summed E-state index contributed by atoms with van der Waals surface area (Å²) in [7, 11) is 0. The monoisotopic (exact) mass is 259 g/mol. The Balaban J connectivity index is 1.98. The molecule has 1 aromatic heterocycles. The van der Waals surface area contributed by atoms with E-state index in [1.54, 1.807) is 0 Å². The van der Waals surface area contributed by atoms with E-state index in [0.29, 0.717) is 18.8 Å². The third kappa shape index (κ3) is 2.18. The highest BCUT2D eigenvalue weighted by molar-refractivity contribution is 5.57. The van der Waals surface area contributed by atoms with Crippen LogP contribution in [0.2, 0.25) is 0 Å². The SMILES string of the molecule is C[C@@H]1C[C@H](O)CCN1c1nc2c(cc1C#N)COC2. The molecule has 0 amide bonds. The third-order valence-electron chi connectivity index (χ3n) is 3.91. The topological polar surface area (TPSA) is 69.4 Å². The number of rotatable bonds is 1. The molecule has 5 nitrogen and oxygen atoms in total. The van der Waals surface area contributed by atoms with Gasteiger partial charge in [-0.25, -0.2) is 4.98 Å². The van der Waals surface area contributed by atoms with Gasteiger partial charge in [0.05, 0.1) is 30.6 Å². The van der Waals surface area contributed by atoms with Gasteiger partial charge in [-0.05, 0) is 25.8 Å². The molecule has 2 aliphatic rings. The lowest BCUT2D eigenvalue weighted by atomic mass is 10.00. The highest BCUT2D eigenvalue weighted by atomic mass is 16.5. The number of hydrogen-bond acceptors (Lipinski definition) is 5. The number of aromatic nitrogens is 1. The Kier molecular flexibility index (Phi) is 3.13. The summed E-state index contributed by atoms with van der Waals surface area (Å²) >= 11 is 0. The van der Waals surface area contributed by atoms with Gasteiger partial charge in [0.1, 0.15) is 11.9 Å². The Labute approximate surface area is 112 Å². The molecule has 19 heavy (non-hydrogen) atoms. The zero-order valence-corrected chi connectivity index (χ0v) is 11.0. The van der Waals surface area contributed by atoms with E-state index in [1.807, 2.05) is 6.07 Å². The molecule has 0 aromatic carbocycles. The van der Waals surface area contributed by atoms with E-state index in [0.717, 1.165) is 36.5 Å². The number of piperidine rings is 1. The van der Waals surface area contributed by atoms with E-state index in [2.05, 4.69) is 22.9 Å². The average molecular weight is 259 g/mol. The van der Waals surface area contributed by atoms with E-state index < -0.39 is 0 Å². The van der Waals surface area contributed by atoms with Crippen LogP contribution >= 0.6 is 0 Å². The molecular formula is C14H17N3O2. The number of nitrogens with zero attached hydrogens (tertiary/aromatic N) is 3. The maximum Gasteiger partial charge on any atom is 0.147 e. The second-order valence-corrected chi connectivity index (χ2v) is 5.29. The summed E-state index contributed by atoms with van der Waals surface area (Å²) in [5, 5.41) is 19.0. The zero-order valence-electron chi connectivity index (χ0n) is 11.0. The molecule has 1 saturated heterocycles. The van der Waals surface area contributed by atoms with Crippen LogP contribution in [0.4, 0.5) is 5.82 Å². The van der Waals surface area contributed by atoms with E-state index in [1.165, 1.54) is 0 Å². The van der Waals surface area contributed by atoms with Gasteiger partial charge < -0.3 is 14.7 Å².